The SMILES string of the molecule is CCCCCCCCCCC1c2ccccc2CC1C(=O)O. The third-order valence-electron chi connectivity index (χ3n) is 5.07. The van der Waals surface area contributed by atoms with Gasteiger partial charge in [0, 0.05) is 0 Å². The first kappa shape index (κ1) is 17.1. The molecule has 2 heteroatoms. The highest BCUT2D eigenvalue weighted by atomic mass is 16.4. The van der Waals surface area contributed by atoms with E-state index in [9.17, 15) is 9.90 Å². The molecule has 0 aliphatic heterocycles. The molecule has 0 saturated heterocycles. The van der Waals surface area contributed by atoms with Gasteiger partial charge >= 0.3 is 5.97 Å². The summed E-state index contributed by atoms with van der Waals surface area (Å²) in [5, 5.41) is 9.48. The average molecular weight is 302 g/mol. The van der Waals surface area contributed by atoms with Crippen molar-refractivity contribution in [2.75, 3.05) is 0 Å². The number of unbranched alkanes of at least 4 members (excludes halogenated alkanes) is 7. The molecule has 1 aliphatic rings. The Balaban J connectivity index is 1.74. The molecular weight excluding hydrogens is 272 g/mol. The second kappa shape index (κ2) is 8.97. The molecule has 1 aromatic carbocycles. The zero-order valence-electron chi connectivity index (χ0n) is 13.9. The van der Waals surface area contributed by atoms with E-state index in [-0.39, 0.29) is 11.8 Å². The minimum Gasteiger partial charge on any atom is -0.481 e. The first-order chi connectivity index (χ1) is 10.7. The average Bonchev–Trinajstić information content (AvgIpc) is 2.89. The third-order valence-corrected chi connectivity index (χ3v) is 5.07. The summed E-state index contributed by atoms with van der Waals surface area (Å²) in [6, 6.07) is 8.30. The quantitative estimate of drug-likeness (QED) is 0.575. The Labute approximate surface area is 134 Å². The van der Waals surface area contributed by atoms with Crippen LogP contribution < -0.4 is 0 Å². The number of rotatable bonds is 10. The number of aliphatic carboxylic acids is 1. The molecule has 0 fully saturated rings. The fraction of sp³-hybridized carbons (Fsp3) is 0.650. The van der Waals surface area contributed by atoms with Crippen LogP contribution in [0.25, 0.3) is 0 Å². The van der Waals surface area contributed by atoms with Gasteiger partial charge in [-0.3, -0.25) is 4.79 Å². The van der Waals surface area contributed by atoms with Crippen molar-refractivity contribution in [3.8, 4) is 0 Å². The van der Waals surface area contributed by atoms with Crippen LogP contribution in [0, 0.1) is 5.92 Å². The fourth-order valence-electron chi connectivity index (χ4n) is 3.79. The van der Waals surface area contributed by atoms with E-state index >= 15 is 0 Å². The van der Waals surface area contributed by atoms with E-state index in [1.54, 1.807) is 0 Å². The van der Waals surface area contributed by atoms with E-state index in [1.165, 1.54) is 56.1 Å². The van der Waals surface area contributed by atoms with Crippen molar-refractivity contribution in [2.24, 2.45) is 5.92 Å². The van der Waals surface area contributed by atoms with Crippen LogP contribution in [-0.2, 0) is 11.2 Å². The molecule has 0 saturated carbocycles. The summed E-state index contributed by atoms with van der Waals surface area (Å²) in [5.74, 6) is -0.600. The molecule has 2 nitrogen and oxygen atoms in total. The molecule has 2 rings (SSSR count). The predicted octanol–water partition coefficient (Wildman–Crippen LogP) is 5.56. The van der Waals surface area contributed by atoms with Crippen LogP contribution in [0.3, 0.4) is 0 Å². The second-order valence-corrected chi connectivity index (χ2v) is 6.72. The first-order valence-corrected chi connectivity index (χ1v) is 9.04. The molecule has 2 unspecified atom stereocenters. The second-order valence-electron chi connectivity index (χ2n) is 6.72. The van der Waals surface area contributed by atoms with Gasteiger partial charge in [0.2, 0.25) is 0 Å². The molecule has 0 aromatic heterocycles. The van der Waals surface area contributed by atoms with Crippen molar-refractivity contribution in [3.05, 3.63) is 35.4 Å². The van der Waals surface area contributed by atoms with Crippen molar-refractivity contribution in [3.63, 3.8) is 0 Å². The number of benzene rings is 1. The van der Waals surface area contributed by atoms with E-state index < -0.39 is 5.97 Å². The largest absolute Gasteiger partial charge is 0.481 e. The maximum Gasteiger partial charge on any atom is 0.307 e. The van der Waals surface area contributed by atoms with Crippen LogP contribution in [0.15, 0.2) is 24.3 Å². The molecule has 0 spiro atoms. The van der Waals surface area contributed by atoms with Crippen LogP contribution in [0.5, 0.6) is 0 Å². The van der Waals surface area contributed by atoms with Crippen LogP contribution in [-0.4, -0.2) is 11.1 Å². The van der Waals surface area contributed by atoms with Gasteiger partial charge in [-0.25, -0.2) is 0 Å². The van der Waals surface area contributed by atoms with Crippen molar-refractivity contribution in [1.29, 1.82) is 0 Å². The van der Waals surface area contributed by atoms with Gasteiger partial charge < -0.3 is 5.11 Å². The maximum absolute atomic E-state index is 11.5. The lowest BCUT2D eigenvalue weighted by Gasteiger charge is -2.17. The molecule has 1 aliphatic carbocycles. The van der Waals surface area contributed by atoms with Gasteiger partial charge in [0.05, 0.1) is 5.92 Å². The smallest absolute Gasteiger partial charge is 0.307 e. The van der Waals surface area contributed by atoms with Crippen molar-refractivity contribution >= 4 is 5.97 Å². The highest BCUT2D eigenvalue weighted by molar-refractivity contribution is 5.73. The molecular formula is C20H30O2. The molecule has 0 radical (unpaired) electrons. The Morgan fingerprint density at radius 2 is 1.68 bits per heavy atom. The lowest BCUT2D eigenvalue weighted by atomic mass is 9.87. The highest BCUT2D eigenvalue weighted by Gasteiger charge is 2.36. The number of hydrogen-bond donors (Lipinski definition) is 1. The van der Waals surface area contributed by atoms with Gasteiger partial charge in [-0.2, -0.15) is 0 Å². The molecule has 22 heavy (non-hydrogen) atoms. The minimum atomic E-state index is -0.624. The summed E-state index contributed by atoms with van der Waals surface area (Å²) >= 11 is 0. The van der Waals surface area contributed by atoms with E-state index in [0.29, 0.717) is 6.42 Å². The maximum atomic E-state index is 11.5. The number of carbonyl (C=O) groups is 1. The highest BCUT2D eigenvalue weighted by Crippen LogP contribution is 2.41. The summed E-state index contributed by atoms with van der Waals surface area (Å²) in [6.07, 6.45) is 12.2. The Morgan fingerprint density at radius 1 is 1.05 bits per heavy atom. The van der Waals surface area contributed by atoms with Crippen LogP contribution in [0.2, 0.25) is 0 Å². The number of fused-ring (bicyclic) bond motifs is 1. The Morgan fingerprint density at radius 3 is 2.36 bits per heavy atom. The van der Waals surface area contributed by atoms with Gasteiger partial charge in [0.25, 0.3) is 0 Å². The van der Waals surface area contributed by atoms with Gasteiger partial charge in [0.1, 0.15) is 0 Å². The zero-order chi connectivity index (χ0) is 15.8. The number of carboxylic acid groups (broad SMARTS) is 1. The van der Waals surface area contributed by atoms with Crippen molar-refractivity contribution in [2.45, 2.75) is 77.0 Å². The first-order valence-electron chi connectivity index (χ1n) is 9.04. The van der Waals surface area contributed by atoms with E-state index in [2.05, 4.69) is 19.1 Å². The normalized spacial score (nSPS) is 20.0. The van der Waals surface area contributed by atoms with E-state index in [1.807, 2.05) is 12.1 Å². The summed E-state index contributed by atoms with van der Waals surface area (Å²) < 4.78 is 0. The summed E-state index contributed by atoms with van der Waals surface area (Å²) in [7, 11) is 0. The summed E-state index contributed by atoms with van der Waals surface area (Å²) in [6.45, 7) is 2.25. The van der Waals surface area contributed by atoms with Gasteiger partial charge in [-0.1, -0.05) is 82.6 Å². The number of carboxylic acids is 1. The van der Waals surface area contributed by atoms with Gasteiger partial charge in [0.15, 0.2) is 0 Å². The molecule has 0 bridgehead atoms. The Kier molecular flexibility index (Phi) is 6.95. The van der Waals surface area contributed by atoms with Crippen LogP contribution >= 0.6 is 0 Å². The summed E-state index contributed by atoms with van der Waals surface area (Å²) in [5.41, 5.74) is 2.54. The fourth-order valence-corrected chi connectivity index (χ4v) is 3.79. The van der Waals surface area contributed by atoms with Gasteiger partial charge in [-0.15, -0.1) is 0 Å². The van der Waals surface area contributed by atoms with Crippen molar-refractivity contribution < 1.29 is 9.90 Å². The molecule has 0 amide bonds. The Bertz CT molecular complexity index is 467. The topological polar surface area (TPSA) is 37.3 Å². The third kappa shape index (κ3) is 4.59. The molecule has 1 aromatic rings. The van der Waals surface area contributed by atoms with Crippen LogP contribution in [0.1, 0.15) is 81.8 Å². The zero-order valence-corrected chi connectivity index (χ0v) is 13.9. The lowest BCUT2D eigenvalue weighted by Crippen LogP contribution is -2.18. The number of hydrogen-bond acceptors (Lipinski definition) is 1. The summed E-state index contributed by atoms with van der Waals surface area (Å²) in [4.78, 5) is 11.5. The van der Waals surface area contributed by atoms with E-state index in [4.69, 9.17) is 0 Å². The van der Waals surface area contributed by atoms with Gasteiger partial charge in [-0.05, 0) is 29.9 Å². The van der Waals surface area contributed by atoms with Crippen LogP contribution in [0.4, 0.5) is 0 Å². The lowest BCUT2D eigenvalue weighted by molar-refractivity contribution is -0.142. The monoisotopic (exact) mass is 302 g/mol. The van der Waals surface area contributed by atoms with E-state index in [0.717, 1.165) is 12.8 Å². The minimum absolute atomic E-state index is 0.207. The molecule has 122 valence electrons. The standard InChI is InChI=1S/C20H30O2/c1-2-3-4-5-6-7-8-9-14-18-17-13-11-10-12-16(17)15-19(18)20(21)22/h10-13,18-19H,2-9,14-15H2,1H3,(H,21,22). The predicted molar refractivity (Wildman–Crippen MR) is 91.2 cm³/mol. The molecule has 2 atom stereocenters. The Hall–Kier alpha value is -1.31. The molecule has 1 N–H and O–H groups in total. The molecule has 0 heterocycles. The van der Waals surface area contributed by atoms with Crippen molar-refractivity contribution in [1.82, 2.24) is 0 Å².